The lowest BCUT2D eigenvalue weighted by atomic mass is 10.1. The summed E-state index contributed by atoms with van der Waals surface area (Å²) in [6.45, 7) is 0.411. The first-order valence-electron chi connectivity index (χ1n) is 6.71. The molecule has 1 N–H and O–H groups in total. The van der Waals surface area contributed by atoms with Crippen molar-refractivity contribution in [2.75, 3.05) is 6.54 Å². The van der Waals surface area contributed by atoms with Gasteiger partial charge in [-0.05, 0) is 37.5 Å². The molecule has 3 saturated carbocycles. The summed E-state index contributed by atoms with van der Waals surface area (Å²) in [4.78, 5) is 24.8. The fraction of sp³-hybridized carbons (Fsp3) is 0.846. The minimum absolute atomic E-state index is 0.0876. The van der Waals surface area contributed by atoms with Gasteiger partial charge >= 0.3 is 5.97 Å². The van der Waals surface area contributed by atoms with Gasteiger partial charge in [-0.25, -0.2) is 0 Å². The van der Waals surface area contributed by atoms with Crippen molar-refractivity contribution in [2.45, 2.75) is 44.6 Å². The Kier molecular flexibility index (Phi) is 2.60. The Balaban J connectivity index is 1.59. The molecule has 0 heterocycles. The van der Waals surface area contributed by atoms with Crippen molar-refractivity contribution in [2.24, 2.45) is 17.8 Å². The first kappa shape index (κ1) is 11.1. The SMILES string of the molecule is O=C(O)CCN(C(=O)C1C2CCCC21)C1CC1. The van der Waals surface area contributed by atoms with Crippen molar-refractivity contribution in [1.29, 1.82) is 0 Å². The summed E-state index contributed by atoms with van der Waals surface area (Å²) in [5.74, 6) is 0.961. The van der Waals surface area contributed by atoms with Gasteiger partial charge in [0.05, 0.1) is 6.42 Å². The number of hydrogen-bond donors (Lipinski definition) is 1. The van der Waals surface area contributed by atoms with Crippen LogP contribution in [-0.2, 0) is 9.59 Å². The van der Waals surface area contributed by atoms with Crippen LogP contribution in [0.25, 0.3) is 0 Å². The van der Waals surface area contributed by atoms with Crippen LogP contribution in [0, 0.1) is 17.8 Å². The summed E-state index contributed by atoms with van der Waals surface area (Å²) >= 11 is 0. The predicted molar refractivity (Wildman–Crippen MR) is 61.3 cm³/mol. The summed E-state index contributed by atoms with van der Waals surface area (Å²) in [5, 5.41) is 8.72. The molecule has 17 heavy (non-hydrogen) atoms. The molecule has 0 aromatic rings. The Hall–Kier alpha value is -1.06. The molecule has 0 aliphatic heterocycles. The van der Waals surface area contributed by atoms with Gasteiger partial charge < -0.3 is 10.0 Å². The summed E-state index contributed by atoms with van der Waals surface area (Å²) in [7, 11) is 0. The predicted octanol–water partition coefficient (Wildman–Crippen LogP) is 1.50. The van der Waals surface area contributed by atoms with Gasteiger partial charge in [0.1, 0.15) is 0 Å². The van der Waals surface area contributed by atoms with Gasteiger partial charge in [-0.2, -0.15) is 0 Å². The van der Waals surface area contributed by atoms with E-state index in [1.54, 1.807) is 0 Å². The zero-order chi connectivity index (χ0) is 12.0. The zero-order valence-electron chi connectivity index (χ0n) is 9.97. The molecule has 0 aromatic heterocycles. The topological polar surface area (TPSA) is 57.6 Å². The van der Waals surface area contributed by atoms with Gasteiger partial charge in [0.2, 0.25) is 5.91 Å². The molecular formula is C13H19NO3. The highest BCUT2D eigenvalue weighted by Gasteiger charge is 2.58. The maximum absolute atomic E-state index is 12.3. The lowest BCUT2D eigenvalue weighted by Crippen LogP contribution is -2.37. The van der Waals surface area contributed by atoms with Crippen molar-refractivity contribution in [1.82, 2.24) is 4.90 Å². The maximum Gasteiger partial charge on any atom is 0.305 e. The lowest BCUT2D eigenvalue weighted by molar-refractivity contribution is -0.139. The average Bonchev–Trinajstić information content (AvgIpc) is 3.18. The van der Waals surface area contributed by atoms with Gasteiger partial charge in [-0.3, -0.25) is 9.59 Å². The number of nitrogens with zero attached hydrogens (tertiary/aromatic N) is 1. The number of rotatable bonds is 5. The number of fused-ring (bicyclic) bond motifs is 1. The number of carboxylic acid groups (broad SMARTS) is 1. The molecule has 0 saturated heterocycles. The van der Waals surface area contributed by atoms with E-state index in [1.807, 2.05) is 4.90 Å². The van der Waals surface area contributed by atoms with Crippen molar-refractivity contribution in [3.63, 3.8) is 0 Å². The van der Waals surface area contributed by atoms with E-state index in [0.717, 1.165) is 12.8 Å². The molecule has 2 unspecified atom stereocenters. The van der Waals surface area contributed by atoms with Gasteiger partial charge in [0, 0.05) is 18.5 Å². The fourth-order valence-corrected chi connectivity index (χ4v) is 3.45. The minimum Gasteiger partial charge on any atom is -0.481 e. The number of carbonyl (C=O) groups excluding carboxylic acids is 1. The second kappa shape index (κ2) is 4.00. The molecule has 0 bridgehead atoms. The summed E-state index contributed by atoms with van der Waals surface area (Å²) in [6, 6.07) is 0.350. The molecule has 3 aliphatic carbocycles. The summed E-state index contributed by atoms with van der Waals surface area (Å²) in [5.41, 5.74) is 0. The average molecular weight is 237 g/mol. The molecule has 0 radical (unpaired) electrons. The summed E-state index contributed by atoms with van der Waals surface area (Å²) < 4.78 is 0. The van der Waals surface area contributed by atoms with Crippen LogP contribution in [0.4, 0.5) is 0 Å². The second-order valence-electron chi connectivity index (χ2n) is 5.69. The van der Waals surface area contributed by atoms with Crippen molar-refractivity contribution in [3.8, 4) is 0 Å². The number of carbonyl (C=O) groups is 2. The van der Waals surface area contributed by atoms with Crippen LogP contribution >= 0.6 is 0 Å². The normalized spacial score (nSPS) is 34.2. The smallest absolute Gasteiger partial charge is 0.305 e. The highest BCUT2D eigenvalue weighted by Crippen LogP contribution is 2.58. The van der Waals surface area contributed by atoms with E-state index in [1.165, 1.54) is 19.3 Å². The Morgan fingerprint density at radius 3 is 2.29 bits per heavy atom. The number of carboxylic acids is 1. The lowest BCUT2D eigenvalue weighted by Gasteiger charge is -2.22. The molecule has 3 fully saturated rings. The van der Waals surface area contributed by atoms with Crippen LogP contribution in [0.5, 0.6) is 0 Å². The van der Waals surface area contributed by atoms with Crippen LogP contribution in [0.1, 0.15) is 38.5 Å². The Morgan fingerprint density at radius 2 is 1.76 bits per heavy atom. The third kappa shape index (κ3) is 2.05. The highest BCUT2D eigenvalue weighted by molar-refractivity contribution is 5.83. The minimum atomic E-state index is -0.806. The number of amides is 1. The number of aliphatic carboxylic acids is 1. The standard InChI is InChI=1S/C13H19NO3/c15-11(16)6-7-14(8-4-5-8)13(17)12-9-2-1-3-10(9)12/h8-10,12H,1-7H2,(H,15,16). The molecule has 1 amide bonds. The largest absolute Gasteiger partial charge is 0.481 e. The third-order valence-electron chi connectivity index (χ3n) is 4.53. The van der Waals surface area contributed by atoms with E-state index >= 15 is 0 Å². The number of hydrogen-bond acceptors (Lipinski definition) is 2. The van der Waals surface area contributed by atoms with Crippen LogP contribution in [-0.4, -0.2) is 34.5 Å². The Morgan fingerprint density at radius 1 is 1.12 bits per heavy atom. The van der Waals surface area contributed by atoms with E-state index in [9.17, 15) is 9.59 Å². The Labute approximate surface area is 101 Å². The molecule has 4 nitrogen and oxygen atoms in total. The zero-order valence-corrected chi connectivity index (χ0v) is 9.97. The van der Waals surface area contributed by atoms with Crippen molar-refractivity contribution in [3.05, 3.63) is 0 Å². The van der Waals surface area contributed by atoms with E-state index in [0.29, 0.717) is 24.4 Å². The highest BCUT2D eigenvalue weighted by atomic mass is 16.4. The summed E-state index contributed by atoms with van der Waals surface area (Å²) in [6.07, 6.45) is 5.90. The monoisotopic (exact) mass is 237 g/mol. The maximum atomic E-state index is 12.3. The first-order chi connectivity index (χ1) is 8.18. The van der Waals surface area contributed by atoms with E-state index in [4.69, 9.17) is 5.11 Å². The van der Waals surface area contributed by atoms with E-state index < -0.39 is 5.97 Å². The van der Waals surface area contributed by atoms with Crippen LogP contribution < -0.4 is 0 Å². The molecule has 3 rings (SSSR count). The molecule has 2 atom stereocenters. The van der Waals surface area contributed by atoms with Gasteiger partial charge in [0.25, 0.3) is 0 Å². The van der Waals surface area contributed by atoms with Gasteiger partial charge in [-0.1, -0.05) is 6.42 Å². The molecule has 94 valence electrons. The van der Waals surface area contributed by atoms with Crippen LogP contribution in [0.3, 0.4) is 0 Å². The quantitative estimate of drug-likeness (QED) is 0.788. The van der Waals surface area contributed by atoms with E-state index in [-0.39, 0.29) is 18.2 Å². The van der Waals surface area contributed by atoms with E-state index in [2.05, 4.69) is 0 Å². The second-order valence-corrected chi connectivity index (χ2v) is 5.69. The first-order valence-corrected chi connectivity index (χ1v) is 6.71. The molecule has 0 aromatic carbocycles. The van der Waals surface area contributed by atoms with Crippen molar-refractivity contribution >= 4 is 11.9 Å². The molecule has 0 spiro atoms. The van der Waals surface area contributed by atoms with Gasteiger partial charge in [-0.15, -0.1) is 0 Å². The van der Waals surface area contributed by atoms with Crippen LogP contribution in [0.15, 0.2) is 0 Å². The third-order valence-corrected chi connectivity index (χ3v) is 4.53. The molecule has 3 aliphatic rings. The Bertz CT molecular complexity index is 341. The fourth-order valence-electron chi connectivity index (χ4n) is 3.45. The van der Waals surface area contributed by atoms with Crippen LogP contribution in [0.2, 0.25) is 0 Å². The van der Waals surface area contributed by atoms with Gasteiger partial charge in [0.15, 0.2) is 0 Å². The molecule has 4 heteroatoms. The molecular weight excluding hydrogens is 218 g/mol. The van der Waals surface area contributed by atoms with Crippen molar-refractivity contribution < 1.29 is 14.7 Å².